The summed E-state index contributed by atoms with van der Waals surface area (Å²) in [4.78, 5) is 36.7. The molecule has 3 amide bonds. The maximum absolute atomic E-state index is 13.6. The minimum atomic E-state index is -0.572. The quantitative estimate of drug-likeness (QED) is 0.682. The van der Waals surface area contributed by atoms with Crippen LogP contribution in [0.1, 0.15) is 12.5 Å². The smallest absolute Gasteiger partial charge is 0.243 e. The van der Waals surface area contributed by atoms with Crippen molar-refractivity contribution in [1.82, 2.24) is 4.90 Å². The van der Waals surface area contributed by atoms with Gasteiger partial charge in [0.05, 0.1) is 18.8 Å². The molecular formula is C20H23FN4O3. The largest absolute Gasteiger partial charge is 0.376 e. The molecule has 0 atom stereocenters. The van der Waals surface area contributed by atoms with Gasteiger partial charge in [0.15, 0.2) is 0 Å². The van der Waals surface area contributed by atoms with Gasteiger partial charge in [-0.2, -0.15) is 0 Å². The van der Waals surface area contributed by atoms with Gasteiger partial charge in [-0.25, -0.2) is 4.39 Å². The lowest BCUT2D eigenvalue weighted by molar-refractivity contribution is -0.131. The van der Waals surface area contributed by atoms with E-state index in [9.17, 15) is 18.8 Å². The van der Waals surface area contributed by atoms with Gasteiger partial charge in [0.25, 0.3) is 0 Å². The summed E-state index contributed by atoms with van der Waals surface area (Å²) >= 11 is 0. The minimum Gasteiger partial charge on any atom is -0.376 e. The molecule has 2 aromatic carbocycles. The Labute approximate surface area is 162 Å². The van der Waals surface area contributed by atoms with Crippen molar-refractivity contribution in [3.63, 3.8) is 0 Å². The summed E-state index contributed by atoms with van der Waals surface area (Å²) in [5.74, 6) is -1.60. The van der Waals surface area contributed by atoms with Crippen LogP contribution in [0.4, 0.5) is 21.5 Å². The number of amides is 3. The normalized spacial score (nSPS) is 10.1. The van der Waals surface area contributed by atoms with Crippen LogP contribution in [-0.2, 0) is 14.4 Å². The molecule has 0 heterocycles. The first kappa shape index (κ1) is 20.9. The van der Waals surface area contributed by atoms with Crippen molar-refractivity contribution in [2.75, 3.05) is 36.1 Å². The van der Waals surface area contributed by atoms with Crippen LogP contribution in [0, 0.1) is 12.7 Å². The molecule has 0 aromatic heterocycles. The van der Waals surface area contributed by atoms with Crippen LogP contribution >= 0.6 is 0 Å². The van der Waals surface area contributed by atoms with E-state index in [0.29, 0.717) is 11.4 Å². The molecule has 7 nitrogen and oxygen atoms in total. The molecule has 8 heteroatoms. The van der Waals surface area contributed by atoms with Crippen LogP contribution in [0.25, 0.3) is 0 Å². The molecule has 0 aliphatic heterocycles. The monoisotopic (exact) mass is 386 g/mol. The van der Waals surface area contributed by atoms with E-state index in [4.69, 9.17) is 0 Å². The van der Waals surface area contributed by atoms with Crippen LogP contribution in [0.5, 0.6) is 0 Å². The van der Waals surface area contributed by atoms with Crippen molar-refractivity contribution in [2.45, 2.75) is 13.8 Å². The van der Waals surface area contributed by atoms with Crippen LogP contribution in [0.15, 0.2) is 42.5 Å². The molecule has 0 saturated carbocycles. The molecule has 0 saturated heterocycles. The van der Waals surface area contributed by atoms with Gasteiger partial charge in [0.1, 0.15) is 5.82 Å². The van der Waals surface area contributed by atoms with E-state index < -0.39 is 11.7 Å². The van der Waals surface area contributed by atoms with Crippen molar-refractivity contribution in [3.8, 4) is 0 Å². The first-order valence-electron chi connectivity index (χ1n) is 8.66. The summed E-state index contributed by atoms with van der Waals surface area (Å²) in [6.45, 7) is 3.04. The summed E-state index contributed by atoms with van der Waals surface area (Å²) in [5, 5.41) is 7.95. The van der Waals surface area contributed by atoms with Gasteiger partial charge in [0.2, 0.25) is 17.7 Å². The van der Waals surface area contributed by atoms with Crippen LogP contribution in [0.3, 0.4) is 0 Å². The Morgan fingerprint density at radius 2 is 1.64 bits per heavy atom. The molecule has 3 N–H and O–H groups in total. The third-order valence-electron chi connectivity index (χ3n) is 3.86. The van der Waals surface area contributed by atoms with E-state index in [0.717, 1.165) is 5.56 Å². The number of carbonyl (C=O) groups excluding carboxylic acids is 3. The molecule has 2 aromatic rings. The van der Waals surface area contributed by atoms with E-state index >= 15 is 0 Å². The molecule has 28 heavy (non-hydrogen) atoms. The molecule has 2 rings (SSSR count). The lowest BCUT2D eigenvalue weighted by Crippen LogP contribution is -2.38. The molecule has 0 bridgehead atoms. The number of likely N-dealkylation sites (N-methyl/N-ethyl adjacent to an activating group) is 1. The molecule has 0 radical (unpaired) electrons. The highest BCUT2D eigenvalue weighted by Crippen LogP contribution is 2.19. The van der Waals surface area contributed by atoms with Crippen LogP contribution < -0.4 is 16.0 Å². The van der Waals surface area contributed by atoms with Gasteiger partial charge >= 0.3 is 0 Å². The average molecular weight is 386 g/mol. The minimum absolute atomic E-state index is 0.0239. The summed E-state index contributed by atoms with van der Waals surface area (Å²) in [5.41, 5.74) is 2.23. The molecule has 0 aliphatic rings. The Morgan fingerprint density at radius 1 is 1.00 bits per heavy atom. The highest BCUT2D eigenvalue weighted by atomic mass is 19.1. The van der Waals surface area contributed by atoms with Gasteiger partial charge in [-0.05, 0) is 37.3 Å². The number of halogens is 1. The zero-order valence-electron chi connectivity index (χ0n) is 16.0. The van der Waals surface area contributed by atoms with E-state index in [-0.39, 0.29) is 30.6 Å². The van der Waals surface area contributed by atoms with E-state index in [1.807, 2.05) is 19.1 Å². The zero-order chi connectivity index (χ0) is 20.7. The Kier molecular flexibility index (Phi) is 7.08. The van der Waals surface area contributed by atoms with Gasteiger partial charge in [-0.3, -0.25) is 14.4 Å². The predicted octanol–water partition coefficient (Wildman–Crippen LogP) is 2.60. The van der Waals surface area contributed by atoms with Crippen molar-refractivity contribution >= 4 is 34.8 Å². The van der Waals surface area contributed by atoms with Crippen LogP contribution in [0.2, 0.25) is 0 Å². The maximum atomic E-state index is 13.6. The van der Waals surface area contributed by atoms with Crippen molar-refractivity contribution in [3.05, 3.63) is 53.8 Å². The predicted molar refractivity (Wildman–Crippen MR) is 107 cm³/mol. The van der Waals surface area contributed by atoms with Crippen LogP contribution in [-0.4, -0.2) is 42.8 Å². The second-order valence-electron chi connectivity index (χ2n) is 6.39. The SMILES string of the molecule is CC(=O)Nc1cc(NCC(=O)N(C)CC(=O)Nc2ccc(C)cc2)ccc1F. The zero-order valence-corrected chi connectivity index (χ0v) is 16.0. The van der Waals surface area contributed by atoms with Gasteiger partial charge in [-0.1, -0.05) is 17.7 Å². The van der Waals surface area contributed by atoms with Crippen molar-refractivity contribution in [1.29, 1.82) is 0 Å². The number of aryl methyl sites for hydroxylation is 1. The van der Waals surface area contributed by atoms with E-state index in [1.165, 1.54) is 37.1 Å². The first-order chi connectivity index (χ1) is 13.2. The fourth-order valence-corrected chi connectivity index (χ4v) is 2.37. The Morgan fingerprint density at radius 3 is 2.29 bits per heavy atom. The standard InChI is InChI=1S/C20H23FN4O3/c1-13-4-6-15(7-5-13)24-19(27)12-25(3)20(28)11-22-16-8-9-17(21)18(10-16)23-14(2)26/h4-10,22H,11-12H2,1-3H3,(H,23,26)(H,24,27). The number of benzene rings is 2. The van der Waals surface area contributed by atoms with Gasteiger partial charge in [0, 0.05) is 25.3 Å². The molecule has 0 spiro atoms. The third kappa shape index (κ3) is 6.39. The summed E-state index contributed by atoms with van der Waals surface area (Å²) in [6.07, 6.45) is 0. The Bertz CT molecular complexity index is 868. The number of nitrogens with zero attached hydrogens (tertiary/aromatic N) is 1. The molecular weight excluding hydrogens is 363 g/mol. The van der Waals surface area contributed by atoms with Gasteiger partial charge in [-0.15, -0.1) is 0 Å². The third-order valence-corrected chi connectivity index (χ3v) is 3.86. The highest BCUT2D eigenvalue weighted by molar-refractivity contribution is 5.95. The lowest BCUT2D eigenvalue weighted by Gasteiger charge is -2.18. The number of hydrogen-bond donors (Lipinski definition) is 3. The fourth-order valence-electron chi connectivity index (χ4n) is 2.37. The Balaban J connectivity index is 1.85. The fraction of sp³-hybridized carbons (Fsp3) is 0.250. The van der Waals surface area contributed by atoms with E-state index in [2.05, 4.69) is 16.0 Å². The summed E-state index contributed by atoms with van der Waals surface area (Å²) in [7, 11) is 1.52. The summed E-state index contributed by atoms with van der Waals surface area (Å²) < 4.78 is 13.6. The second kappa shape index (κ2) is 9.50. The summed E-state index contributed by atoms with van der Waals surface area (Å²) in [6, 6.07) is 11.4. The number of nitrogens with one attached hydrogen (secondary N) is 3. The lowest BCUT2D eigenvalue weighted by atomic mass is 10.2. The second-order valence-corrected chi connectivity index (χ2v) is 6.39. The molecule has 0 fully saturated rings. The van der Waals surface area contributed by atoms with E-state index in [1.54, 1.807) is 12.1 Å². The molecule has 0 unspecified atom stereocenters. The average Bonchev–Trinajstić information content (AvgIpc) is 2.63. The molecule has 148 valence electrons. The highest BCUT2D eigenvalue weighted by Gasteiger charge is 2.13. The number of hydrogen-bond acceptors (Lipinski definition) is 4. The maximum Gasteiger partial charge on any atom is 0.243 e. The number of carbonyl (C=O) groups is 3. The number of anilines is 3. The first-order valence-corrected chi connectivity index (χ1v) is 8.66. The van der Waals surface area contributed by atoms with Crippen molar-refractivity contribution < 1.29 is 18.8 Å². The topological polar surface area (TPSA) is 90.5 Å². The van der Waals surface area contributed by atoms with Gasteiger partial charge < -0.3 is 20.9 Å². The molecule has 0 aliphatic carbocycles. The number of rotatable bonds is 7. The Hall–Kier alpha value is -3.42. The van der Waals surface area contributed by atoms with Crippen molar-refractivity contribution in [2.24, 2.45) is 0 Å².